The number of hydrogen-bond donors (Lipinski definition) is 1. The quantitative estimate of drug-likeness (QED) is 0.323. The summed E-state index contributed by atoms with van der Waals surface area (Å²) >= 11 is 1.44. The molecule has 166 valence electrons. The van der Waals surface area contributed by atoms with E-state index >= 15 is 0 Å². The highest BCUT2D eigenvalue weighted by atomic mass is 32.2. The summed E-state index contributed by atoms with van der Waals surface area (Å²) in [4.78, 5) is 36.3. The van der Waals surface area contributed by atoms with Gasteiger partial charge in [-0.25, -0.2) is 9.97 Å². The third kappa shape index (κ3) is 4.61. The van der Waals surface area contributed by atoms with Gasteiger partial charge in [-0.15, -0.1) is 0 Å². The van der Waals surface area contributed by atoms with E-state index in [0.29, 0.717) is 27.7 Å². The Labute approximate surface area is 195 Å². The van der Waals surface area contributed by atoms with Gasteiger partial charge < -0.3 is 14.6 Å². The van der Waals surface area contributed by atoms with Crippen LogP contribution in [-0.2, 0) is 5.75 Å². The van der Waals surface area contributed by atoms with Crippen LogP contribution in [0.25, 0.3) is 11.0 Å². The number of nitrogens with zero attached hydrogens (tertiary/aromatic N) is 3. The zero-order valence-corrected chi connectivity index (χ0v) is 18.7. The number of para-hydroxylation sites is 1. The molecular weight excluding hydrogens is 436 g/mol. The average Bonchev–Trinajstić information content (AvgIpc) is 3.52. The van der Waals surface area contributed by atoms with Crippen LogP contribution >= 0.6 is 11.8 Å². The van der Waals surface area contributed by atoms with E-state index in [1.165, 1.54) is 11.8 Å². The van der Waals surface area contributed by atoms with E-state index in [9.17, 15) is 9.59 Å². The van der Waals surface area contributed by atoms with Gasteiger partial charge >= 0.3 is 0 Å². The Morgan fingerprint density at radius 2 is 1.79 bits per heavy atom. The highest BCUT2D eigenvalue weighted by Crippen LogP contribution is 2.31. The van der Waals surface area contributed by atoms with Crippen molar-refractivity contribution in [2.45, 2.75) is 23.8 Å². The molecule has 33 heavy (non-hydrogen) atoms. The summed E-state index contributed by atoms with van der Waals surface area (Å²) in [6, 6.07) is 16.4. The van der Waals surface area contributed by atoms with E-state index in [0.717, 1.165) is 36.9 Å². The van der Waals surface area contributed by atoms with Crippen LogP contribution in [0.5, 0.6) is 0 Å². The lowest BCUT2D eigenvalue weighted by Gasteiger charge is -2.15. The van der Waals surface area contributed by atoms with Crippen molar-refractivity contribution < 1.29 is 14.0 Å². The van der Waals surface area contributed by atoms with Crippen LogP contribution in [0, 0.1) is 0 Å². The predicted octanol–water partition coefficient (Wildman–Crippen LogP) is 5.00. The van der Waals surface area contributed by atoms with Gasteiger partial charge in [-0.05, 0) is 43.2 Å². The Morgan fingerprint density at radius 3 is 2.61 bits per heavy atom. The van der Waals surface area contributed by atoms with E-state index in [1.54, 1.807) is 42.7 Å². The first-order chi connectivity index (χ1) is 16.2. The average molecular weight is 459 g/mol. The van der Waals surface area contributed by atoms with E-state index < -0.39 is 0 Å². The molecule has 7 nitrogen and oxygen atoms in total. The summed E-state index contributed by atoms with van der Waals surface area (Å²) in [6.45, 7) is 1.56. The SMILES string of the molecule is O=C(Nc1cccc(C(=O)N2CCCC2)c1)c1oc2ccccc2c1CSc1ncccn1. The van der Waals surface area contributed by atoms with Gasteiger partial charge in [0.05, 0.1) is 0 Å². The number of anilines is 1. The number of likely N-dealkylation sites (tertiary alicyclic amines) is 1. The minimum Gasteiger partial charge on any atom is -0.451 e. The zero-order valence-electron chi connectivity index (χ0n) is 17.9. The number of nitrogens with one attached hydrogen (secondary N) is 1. The van der Waals surface area contributed by atoms with Crippen LogP contribution in [0.2, 0.25) is 0 Å². The standard InChI is InChI=1S/C25H22N4O3S/c30-23(28-18-8-5-7-17(15-18)24(31)29-13-3-4-14-29)22-20(16-33-25-26-11-6-12-27-25)19-9-1-2-10-21(19)32-22/h1-2,5-12,15H,3-4,13-14,16H2,(H,28,30). The Kier molecular flexibility index (Phi) is 6.08. The minimum absolute atomic E-state index is 0.00714. The van der Waals surface area contributed by atoms with Gasteiger partial charge in [-0.2, -0.15) is 0 Å². The van der Waals surface area contributed by atoms with Crippen molar-refractivity contribution in [2.24, 2.45) is 0 Å². The molecule has 1 fully saturated rings. The van der Waals surface area contributed by atoms with Crippen LogP contribution in [0.3, 0.4) is 0 Å². The van der Waals surface area contributed by atoms with Gasteiger partial charge in [0, 0.05) is 53.4 Å². The smallest absolute Gasteiger partial charge is 0.291 e. The van der Waals surface area contributed by atoms with Gasteiger partial charge in [-0.1, -0.05) is 36.0 Å². The van der Waals surface area contributed by atoms with Gasteiger partial charge in [0.15, 0.2) is 10.9 Å². The molecule has 8 heteroatoms. The molecule has 3 heterocycles. The molecule has 5 rings (SSSR count). The normalized spacial score (nSPS) is 13.4. The number of thioether (sulfide) groups is 1. The molecule has 0 atom stereocenters. The maximum Gasteiger partial charge on any atom is 0.291 e. The largest absolute Gasteiger partial charge is 0.451 e. The van der Waals surface area contributed by atoms with Crippen molar-refractivity contribution >= 4 is 40.2 Å². The lowest BCUT2D eigenvalue weighted by Crippen LogP contribution is -2.27. The number of aromatic nitrogens is 2. The number of hydrogen-bond acceptors (Lipinski definition) is 6. The molecule has 0 saturated carbocycles. The van der Waals surface area contributed by atoms with Crippen molar-refractivity contribution in [1.29, 1.82) is 0 Å². The number of furan rings is 1. The van der Waals surface area contributed by atoms with Crippen molar-refractivity contribution in [3.8, 4) is 0 Å². The molecule has 1 saturated heterocycles. The predicted molar refractivity (Wildman–Crippen MR) is 127 cm³/mol. The summed E-state index contributed by atoms with van der Waals surface area (Å²) in [5.41, 5.74) is 2.54. The lowest BCUT2D eigenvalue weighted by molar-refractivity contribution is 0.0792. The molecular formula is C25H22N4O3S. The van der Waals surface area contributed by atoms with Crippen molar-refractivity contribution in [3.63, 3.8) is 0 Å². The molecule has 0 unspecified atom stereocenters. The molecule has 2 amide bonds. The molecule has 0 aliphatic carbocycles. The minimum atomic E-state index is -0.360. The fourth-order valence-electron chi connectivity index (χ4n) is 3.94. The topological polar surface area (TPSA) is 88.3 Å². The molecule has 2 aromatic heterocycles. The number of rotatable bonds is 6. The van der Waals surface area contributed by atoms with E-state index in [4.69, 9.17) is 4.42 Å². The van der Waals surface area contributed by atoms with Crippen LogP contribution in [0.15, 0.2) is 76.6 Å². The van der Waals surface area contributed by atoms with Crippen LogP contribution in [0.4, 0.5) is 5.69 Å². The van der Waals surface area contributed by atoms with Gasteiger partial charge in [0.1, 0.15) is 5.58 Å². The first-order valence-electron chi connectivity index (χ1n) is 10.8. The first kappa shape index (κ1) is 21.2. The molecule has 1 aliphatic rings. The molecule has 0 bridgehead atoms. The third-order valence-electron chi connectivity index (χ3n) is 5.55. The van der Waals surface area contributed by atoms with E-state index in [-0.39, 0.29) is 17.6 Å². The number of amides is 2. The first-order valence-corrected chi connectivity index (χ1v) is 11.8. The fraction of sp³-hybridized carbons (Fsp3) is 0.200. The Bertz CT molecular complexity index is 1300. The maximum atomic E-state index is 13.2. The Morgan fingerprint density at radius 1 is 1.00 bits per heavy atom. The maximum absolute atomic E-state index is 13.2. The van der Waals surface area contributed by atoms with Crippen molar-refractivity contribution in [2.75, 3.05) is 18.4 Å². The van der Waals surface area contributed by atoms with E-state index in [2.05, 4.69) is 15.3 Å². The van der Waals surface area contributed by atoms with Crippen molar-refractivity contribution in [3.05, 3.63) is 83.9 Å². The monoisotopic (exact) mass is 458 g/mol. The second-order valence-corrected chi connectivity index (χ2v) is 8.70. The summed E-state index contributed by atoms with van der Waals surface area (Å²) in [5.74, 6) is 0.363. The molecule has 1 N–H and O–H groups in total. The van der Waals surface area contributed by atoms with Gasteiger partial charge in [0.2, 0.25) is 0 Å². The highest BCUT2D eigenvalue weighted by Gasteiger charge is 2.23. The summed E-state index contributed by atoms with van der Waals surface area (Å²) < 4.78 is 5.94. The second-order valence-electron chi connectivity index (χ2n) is 7.76. The number of benzene rings is 2. The number of carbonyl (C=O) groups excluding carboxylic acids is 2. The number of carbonyl (C=O) groups is 2. The van der Waals surface area contributed by atoms with Crippen LogP contribution in [0.1, 0.15) is 39.3 Å². The third-order valence-corrected chi connectivity index (χ3v) is 6.45. The van der Waals surface area contributed by atoms with Gasteiger partial charge in [-0.3, -0.25) is 9.59 Å². The zero-order chi connectivity index (χ0) is 22.6. The molecule has 0 radical (unpaired) electrons. The second kappa shape index (κ2) is 9.46. The van der Waals surface area contributed by atoms with Crippen LogP contribution < -0.4 is 5.32 Å². The van der Waals surface area contributed by atoms with Crippen molar-refractivity contribution in [1.82, 2.24) is 14.9 Å². The van der Waals surface area contributed by atoms with Gasteiger partial charge in [0.25, 0.3) is 11.8 Å². The molecule has 0 spiro atoms. The Hall–Kier alpha value is -3.65. The Balaban J connectivity index is 1.39. The van der Waals surface area contributed by atoms with Crippen LogP contribution in [-0.4, -0.2) is 39.8 Å². The number of fused-ring (bicyclic) bond motifs is 1. The fourth-order valence-corrected chi connectivity index (χ4v) is 4.77. The summed E-state index contributed by atoms with van der Waals surface area (Å²) in [5, 5.41) is 4.41. The van der Waals surface area contributed by atoms with E-state index in [1.807, 2.05) is 29.2 Å². The molecule has 2 aromatic carbocycles. The summed E-state index contributed by atoms with van der Waals surface area (Å²) in [6.07, 6.45) is 5.44. The lowest BCUT2D eigenvalue weighted by atomic mass is 10.1. The summed E-state index contributed by atoms with van der Waals surface area (Å²) in [7, 11) is 0. The molecule has 1 aliphatic heterocycles. The highest BCUT2D eigenvalue weighted by molar-refractivity contribution is 7.98. The molecule has 4 aromatic rings.